The lowest BCUT2D eigenvalue weighted by Gasteiger charge is -2.27. The van der Waals surface area contributed by atoms with Gasteiger partial charge in [0.05, 0.1) is 42.6 Å². The zero-order chi connectivity index (χ0) is 26.6. The summed E-state index contributed by atoms with van der Waals surface area (Å²) in [5.74, 6) is -0.357. The predicted octanol–water partition coefficient (Wildman–Crippen LogP) is 5.27. The number of hydrogen-bond acceptors (Lipinski definition) is 9. The minimum Gasteiger partial charge on any atom is -0.378 e. The summed E-state index contributed by atoms with van der Waals surface area (Å²) in [6, 6.07) is 5.54. The van der Waals surface area contributed by atoms with Gasteiger partial charge in [-0.2, -0.15) is 23.3 Å². The van der Waals surface area contributed by atoms with E-state index >= 15 is 0 Å². The lowest BCUT2D eigenvalue weighted by atomic mass is 10.1. The first-order chi connectivity index (χ1) is 17.6. The monoisotopic (exact) mass is 518 g/mol. The van der Waals surface area contributed by atoms with E-state index < -0.39 is 17.6 Å². The molecule has 196 valence electrons. The summed E-state index contributed by atoms with van der Waals surface area (Å²) in [4.78, 5) is 15.8. The van der Waals surface area contributed by atoms with Gasteiger partial charge in [-0.3, -0.25) is 4.98 Å². The standard InChI is InChI=1S/C24H26F4N8O/c1-15-8-18(32-17-9-16(24(26,27)28)10-19(11-17)35(2)3)12-29-21(15)14-31-34-23-30-13-20(25)22(33-23)36-4-6-37-7-5-36/h8-13,32H,4-7,14H2,1-3H3. The van der Waals surface area contributed by atoms with Crippen molar-refractivity contribution < 1.29 is 22.3 Å². The van der Waals surface area contributed by atoms with Gasteiger partial charge in [0, 0.05) is 38.6 Å². The summed E-state index contributed by atoms with van der Waals surface area (Å²) in [5.41, 5.74) is 1.86. The smallest absolute Gasteiger partial charge is 0.378 e. The molecule has 0 aliphatic carbocycles. The third kappa shape index (κ3) is 6.67. The summed E-state index contributed by atoms with van der Waals surface area (Å²) >= 11 is 0. The van der Waals surface area contributed by atoms with Crippen LogP contribution in [0, 0.1) is 12.7 Å². The molecular weight excluding hydrogens is 492 g/mol. The van der Waals surface area contributed by atoms with Crippen LogP contribution in [0.5, 0.6) is 0 Å². The number of alkyl halides is 3. The Morgan fingerprint density at radius 3 is 2.49 bits per heavy atom. The van der Waals surface area contributed by atoms with Crippen LogP contribution in [0.15, 0.2) is 46.9 Å². The number of morpholine rings is 1. The zero-order valence-corrected chi connectivity index (χ0v) is 20.6. The average molecular weight is 519 g/mol. The Kier molecular flexibility index (Phi) is 7.81. The fourth-order valence-electron chi connectivity index (χ4n) is 3.67. The lowest BCUT2D eigenvalue weighted by molar-refractivity contribution is -0.137. The number of ether oxygens (including phenoxy) is 1. The van der Waals surface area contributed by atoms with Crippen LogP contribution in [0.2, 0.25) is 0 Å². The van der Waals surface area contributed by atoms with Crippen LogP contribution in [-0.2, 0) is 17.5 Å². The first-order valence-corrected chi connectivity index (χ1v) is 11.4. The highest BCUT2D eigenvalue weighted by atomic mass is 19.4. The van der Waals surface area contributed by atoms with Crippen molar-refractivity contribution in [2.24, 2.45) is 10.2 Å². The van der Waals surface area contributed by atoms with Gasteiger partial charge in [-0.05, 0) is 36.8 Å². The Bertz CT molecular complexity index is 1280. The molecule has 37 heavy (non-hydrogen) atoms. The summed E-state index contributed by atoms with van der Waals surface area (Å²) in [5, 5.41) is 11.1. The Morgan fingerprint density at radius 2 is 1.81 bits per heavy atom. The molecule has 9 nitrogen and oxygen atoms in total. The Hall–Kier alpha value is -3.87. The maximum Gasteiger partial charge on any atom is 0.416 e. The fraction of sp³-hybridized carbons (Fsp3) is 0.375. The number of halogens is 4. The van der Waals surface area contributed by atoms with Gasteiger partial charge in [0.1, 0.15) is 6.54 Å². The summed E-state index contributed by atoms with van der Waals surface area (Å²) in [7, 11) is 3.35. The second kappa shape index (κ2) is 11.0. The Balaban J connectivity index is 1.46. The molecule has 0 unspecified atom stereocenters. The van der Waals surface area contributed by atoms with E-state index in [1.165, 1.54) is 6.20 Å². The third-order valence-corrected chi connectivity index (χ3v) is 5.64. The minimum absolute atomic E-state index is 0.0278. The number of rotatable bonds is 7. The van der Waals surface area contributed by atoms with Crippen LogP contribution in [-0.4, -0.2) is 55.4 Å². The highest BCUT2D eigenvalue weighted by molar-refractivity contribution is 5.66. The second-order valence-electron chi connectivity index (χ2n) is 8.61. The molecule has 0 spiro atoms. The van der Waals surface area contributed by atoms with E-state index in [0.717, 1.165) is 23.9 Å². The van der Waals surface area contributed by atoms with Gasteiger partial charge < -0.3 is 19.9 Å². The highest BCUT2D eigenvalue weighted by Crippen LogP contribution is 2.35. The van der Waals surface area contributed by atoms with Crippen LogP contribution >= 0.6 is 0 Å². The number of azo groups is 1. The molecule has 3 aromatic rings. The Labute approximate surface area is 211 Å². The molecule has 1 aromatic carbocycles. The van der Waals surface area contributed by atoms with Crippen molar-refractivity contribution in [3.05, 3.63) is 59.3 Å². The number of nitrogens with one attached hydrogen (secondary N) is 1. The predicted molar refractivity (Wildman–Crippen MR) is 131 cm³/mol. The van der Waals surface area contributed by atoms with Gasteiger partial charge in [-0.1, -0.05) is 0 Å². The molecule has 13 heteroatoms. The van der Waals surface area contributed by atoms with Crippen molar-refractivity contribution in [2.75, 3.05) is 55.5 Å². The second-order valence-corrected chi connectivity index (χ2v) is 8.61. The van der Waals surface area contributed by atoms with Crippen molar-refractivity contribution in [1.82, 2.24) is 15.0 Å². The first kappa shape index (κ1) is 26.2. The molecule has 1 aliphatic heterocycles. The topological polar surface area (TPSA) is 91.1 Å². The number of aromatic nitrogens is 3. The molecule has 3 heterocycles. The fourth-order valence-corrected chi connectivity index (χ4v) is 3.67. The van der Waals surface area contributed by atoms with Gasteiger partial charge in [0.15, 0.2) is 11.6 Å². The third-order valence-electron chi connectivity index (χ3n) is 5.64. The van der Waals surface area contributed by atoms with Crippen LogP contribution in [0.1, 0.15) is 16.8 Å². The van der Waals surface area contributed by atoms with Gasteiger partial charge in [0.25, 0.3) is 5.95 Å². The number of pyridine rings is 1. The number of aryl methyl sites for hydroxylation is 1. The molecule has 1 N–H and O–H groups in total. The maximum atomic E-state index is 14.2. The maximum absolute atomic E-state index is 14.2. The van der Waals surface area contributed by atoms with E-state index in [4.69, 9.17) is 4.74 Å². The van der Waals surface area contributed by atoms with Gasteiger partial charge in [-0.15, -0.1) is 5.11 Å². The normalized spacial score (nSPS) is 14.3. The SMILES string of the molecule is Cc1cc(Nc2cc(N(C)C)cc(C(F)(F)F)c2)cnc1CN=Nc1ncc(F)c(N2CCOCC2)n1. The highest BCUT2D eigenvalue weighted by Gasteiger charge is 2.31. The van der Waals surface area contributed by atoms with E-state index in [1.807, 2.05) is 6.92 Å². The molecule has 0 amide bonds. The average Bonchev–Trinajstić information content (AvgIpc) is 2.86. The molecule has 2 aromatic heterocycles. The number of benzene rings is 1. The minimum atomic E-state index is -4.47. The lowest BCUT2D eigenvalue weighted by Crippen LogP contribution is -2.37. The molecule has 1 fully saturated rings. The number of nitrogens with zero attached hydrogens (tertiary/aromatic N) is 7. The Morgan fingerprint density at radius 1 is 1.05 bits per heavy atom. The van der Waals surface area contributed by atoms with Gasteiger partial charge >= 0.3 is 6.18 Å². The molecule has 4 rings (SSSR count). The summed E-state index contributed by atoms with van der Waals surface area (Å²) < 4.78 is 59.5. The van der Waals surface area contributed by atoms with Crippen LogP contribution in [0.3, 0.4) is 0 Å². The van der Waals surface area contributed by atoms with Gasteiger partial charge in [0.2, 0.25) is 0 Å². The van der Waals surface area contributed by atoms with Crippen LogP contribution < -0.4 is 15.1 Å². The van der Waals surface area contributed by atoms with Crippen molar-refractivity contribution in [3.63, 3.8) is 0 Å². The number of anilines is 4. The molecule has 1 aliphatic rings. The zero-order valence-electron chi connectivity index (χ0n) is 20.6. The largest absolute Gasteiger partial charge is 0.416 e. The summed E-state index contributed by atoms with van der Waals surface area (Å²) in [6.07, 6.45) is -1.90. The van der Waals surface area contributed by atoms with E-state index in [1.54, 1.807) is 36.0 Å². The molecule has 0 radical (unpaired) electrons. The summed E-state index contributed by atoms with van der Waals surface area (Å²) in [6.45, 7) is 3.94. The van der Waals surface area contributed by atoms with Crippen LogP contribution in [0.25, 0.3) is 0 Å². The van der Waals surface area contributed by atoms with Crippen molar-refractivity contribution in [2.45, 2.75) is 19.6 Å². The van der Waals surface area contributed by atoms with E-state index in [9.17, 15) is 17.6 Å². The molecule has 1 saturated heterocycles. The van der Waals surface area contributed by atoms with E-state index in [2.05, 4.69) is 30.5 Å². The first-order valence-electron chi connectivity index (χ1n) is 11.4. The van der Waals surface area contributed by atoms with Crippen molar-refractivity contribution in [3.8, 4) is 0 Å². The van der Waals surface area contributed by atoms with Crippen LogP contribution in [0.4, 0.5) is 46.4 Å². The molecule has 0 bridgehead atoms. The molecule has 0 saturated carbocycles. The van der Waals surface area contributed by atoms with E-state index in [-0.39, 0.29) is 24.0 Å². The number of hydrogen-bond donors (Lipinski definition) is 1. The van der Waals surface area contributed by atoms with Gasteiger partial charge in [-0.25, -0.2) is 9.37 Å². The quantitative estimate of drug-likeness (QED) is 0.337. The van der Waals surface area contributed by atoms with E-state index in [0.29, 0.717) is 43.4 Å². The molecule has 0 atom stereocenters. The molecular formula is C24H26F4N8O. The van der Waals surface area contributed by atoms with Crippen molar-refractivity contribution >= 4 is 28.8 Å². The van der Waals surface area contributed by atoms with Crippen molar-refractivity contribution in [1.29, 1.82) is 0 Å².